The van der Waals surface area contributed by atoms with Gasteiger partial charge in [0, 0.05) is 66.8 Å². The second-order valence-electron chi connectivity index (χ2n) is 39.3. The van der Waals surface area contributed by atoms with E-state index < -0.39 is 518 Å². The third-order valence-electron chi connectivity index (χ3n) is 37.0. The second kappa shape index (κ2) is 19.3. The summed E-state index contributed by atoms with van der Waals surface area (Å²) in [5.74, 6) is -24.2. The Bertz CT molecular complexity index is 7280. The molecule has 12 atom stereocenters. The van der Waals surface area contributed by atoms with Crippen molar-refractivity contribution in [1.29, 1.82) is 0 Å². The third kappa shape index (κ3) is 4.67. The van der Waals surface area contributed by atoms with Gasteiger partial charge in [-0.3, -0.25) is 43.2 Å². The molecule has 0 fully saturated rings. The first-order valence-electron chi connectivity index (χ1n) is 43.4. The fraction of sp³-hybridized carbons (Fsp3) is 0.452. The van der Waals surface area contributed by atoms with Crippen LogP contribution in [-0.4, -0.2) is 171 Å². The average Bonchev–Trinajstić information content (AvgIpc) is 1.33. The minimum absolute atomic E-state index is 0.333. The number of esters is 9. The maximum atomic E-state index is 25.3. The van der Waals surface area contributed by atoms with Gasteiger partial charge in [-0.2, -0.15) is 0 Å². The van der Waals surface area contributed by atoms with Gasteiger partial charge in [0.05, 0.1) is 61.0 Å². The minimum atomic E-state index is -6.88. The number of ether oxygens (including phenoxy) is 9. The van der Waals surface area contributed by atoms with Gasteiger partial charge in [0.2, 0.25) is 85.0 Å². The molecule has 14 aromatic rings. The predicted octanol–water partition coefficient (Wildman–Crippen LogP) is 9.09. The van der Waals surface area contributed by atoms with Crippen molar-refractivity contribution in [3.63, 3.8) is 0 Å². The van der Waals surface area contributed by atoms with Crippen LogP contribution in [0.15, 0.2) is 0 Å². The van der Waals surface area contributed by atoms with E-state index in [-0.39, 0.29) is 0 Å². The number of alkyl halides is 15. The Morgan fingerprint density at radius 2 is 0.333 bits per heavy atom. The van der Waals surface area contributed by atoms with Crippen LogP contribution in [0.5, 0.6) is 0 Å². The lowest BCUT2D eigenvalue weighted by atomic mass is 9.32. The lowest BCUT2D eigenvalue weighted by molar-refractivity contribution is -0.371. The first-order chi connectivity index (χ1) is 62.8. The molecule has 0 aliphatic heterocycles. The molecule has 18 aliphatic carbocycles. The molecule has 12 unspecified atom stereocenters. The summed E-state index contributed by atoms with van der Waals surface area (Å²) in [6, 6.07) is 0. The molecule has 0 bridgehead atoms. The van der Waals surface area contributed by atoms with Crippen molar-refractivity contribution in [2.45, 2.75) is 140 Å². The molecule has 0 spiro atoms. The van der Waals surface area contributed by atoms with Crippen LogP contribution < -0.4 is 34.4 Å². The molecule has 18 aliphatic rings. The van der Waals surface area contributed by atoms with E-state index in [1.54, 1.807) is 0 Å². The fourth-order valence-corrected chi connectivity index (χ4v) is 34.9. The summed E-state index contributed by atoms with van der Waals surface area (Å²) in [6.07, 6.45) is -3.76. The normalized spacial score (nSPS) is 37.1. The Morgan fingerprint density at radius 3 is 0.470 bits per heavy atom. The van der Waals surface area contributed by atoms with Gasteiger partial charge in [-0.15, -0.1) is 0 Å². The molecular weight excluding hydrogens is 1770 g/mol. The van der Waals surface area contributed by atoms with Gasteiger partial charge < -0.3 is 77.0 Å². The maximum absolute atomic E-state index is 25.3. The van der Waals surface area contributed by atoms with E-state index in [9.17, 15) is 0 Å². The molecule has 14 aromatic carbocycles. The number of hydrogen-bond acceptors (Lipinski definition) is 24. The molecule has 12 N–H and O–H groups in total. The second-order valence-corrected chi connectivity index (χ2v) is 39.3. The van der Waals surface area contributed by atoms with Crippen molar-refractivity contribution in [3.8, 4) is 0 Å². The summed E-state index contributed by atoms with van der Waals surface area (Å²) in [6.45, 7) is -10.9. The molecule has 672 valence electrons. The maximum Gasteiger partial charge on any atom is 0.336 e. The predicted molar refractivity (Wildman–Crippen MR) is 422 cm³/mol. The highest BCUT2D eigenvalue weighted by molar-refractivity contribution is 6.69. The Morgan fingerprint density at radius 1 is 0.197 bits per heavy atom. The Hall–Kier alpha value is -11.5. The molecular formula is C93H57F15N6O18. The zero-order valence-corrected chi connectivity index (χ0v) is 68.2. The topological polar surface area (TPSA) is 393 Å². The summed E-state index contributed by atoms with van der Waals surface area (Å²) in [7, 11) is 0.998. The van der Waals surface area contributed by atoms with Crippen LogP contribution in [0.3, 0.4) is 0 Å². The molecule has 0 radical (unpaired) electrons. The van der Waals surface area contributed by atoms with Crippen molar-refractivity contribution in [3.05, 3.63) is 100 Å². The summed E-state index contributed by atoms with van der Waals surface area (Å²) in [5.41, 5.74) is -140. The van der Waals surface area contributed by atoms with Gasteiger partial charge in [-0.25, -0.2) is 65.9 Å². The van der Waals surface area contributed by atoms with Crippen molar-refractivity contribution in [2.75, 3.05) is 100 Å². The summed E-state index contributed by atoms with van der Waals surface area (Å²) in [4.78, 5) is 158. The molecule has 0 saturated carbocycles. The highest BCUT2D eigenvalue weighted by Crippen LogP contribution is 3.08. The summed E-state index contributed by atoms with van der Waals surface area (Å²) >= 11 is 0. The summed E-state index contributed by atoms with van der Waals surface area (Å²) < 4.78 is 424. The molecule has 24 nitrogen and oxygen atoms in total. The smallest absolute Gasteiger partial charge is 0.336 e. The van der Waals surface area contributed by atoms with E-state index in [1.807, 2.05) is 0 Å². The zero-order chi connectivity index (χ0) is 92.0. The molecule has 132 heavy (non-hydrogen) atoms. The lowest BCUT2D eigenvalue weighted by Crippen LogP contribution is -2.90. The molecule has 0 saturated heterocycles. The molecule has 32 rings (SSSR count). The van der Waals surface area contributed by atoms with E-state index in [0.29, 0.717) is 21.3 Å². The van der Waals surface area contributed by atoms with Crippen molar-refractivity contribution in [2.24, 2.45) is 50.6 Å². The van der Waals surface area contributed by atoms with Crippen LogP contribution in [-0.2, 0) is 170 Å². The average molecular weight is 1830 g/mol. The van der Waals surface area contributed by atoms with Gasteiger partial charge in [0.15, 0.2) is 0 Å². The van der Waals surface area contributed by atoms with Gasteiger partial charge in [0.25, 0.3) is 16.2 Å². The van der Waals surface area contributed by atoms with E-state index in [2.05, 4.69) is 0 Å². The molecule has 0 aromatic heterocycles. The summed E-state index contributed by atoms with van der Waals surface area (Å²) in [5, 5.41) is -21.0. The number of nitrogens with two attached hydrogens (primary N) is 6. The van der Waals surface area contributed by atoms with E-state index in [0.717, 1.165) is 0 Å². The van der Waals surface area contributed by atoms with E-state index in [4.69, 9.17) is 77.0 Å². The van der Waals surface area contributed by atoms with Crippen LogP contribution >= 0.6 is 0 Å². The minimum Gasteiger partial charge on any atom is -0.468 e. The van der Waals surface area contributed by atoms with Crippen molar-refractivity contribution in [1.82, 2.24) is 0 Å². The van der Waals surface area contributed by atoms with Gasteiger partial charge >= 0.3 is 53.7 Å². The number of carbonyl (C=O) groups excluding carboxylic acids is 9. The highest BCUT2D eigenvalue weighted by Gasteiger charge is 3.20. The number of carbonyl (C=O) groups is 9. The first kappa shape index (κ1) is 76.0. The lowest BCUT2D eigenvalue weighted by Gasteiger charge is -2.71. The van der Waals surface area contributed by atoms with E-state index in [1.165, 1.54) is 0 Å². The SMILES string of the molecule is COC(=O)C(C(=O)OCCCN)(C(=O)OCCCN)C12c3c4c5c6c7c8c9c%10c%11c%12c%13c%14c%15c%16c%17c%18c%19c(c1c1c3c3c5c8c5c3c3c1c%19c%16c3c1c%15c%12c9c51)C1(F)C%18(F)C3(F)c5c8c9c%12c%15c5C(F)(C%13(F)C%11(F)C%15(F)C(F)(C%12(F)C6(F)C4(F)C9(F)C2(F)C81F)C7%10C(C(=O)OC)(C(=O)OCCCN)C(=O)OCCCN)C3(F)C%17%14C(C(=O)OC)(C(=O)OCCCN)C(=O)OCCCN. The van der Waals surface area contributed by atoms with Gasteiger partial charge in [-0.1, -0.05) is 0 Å². The van der Waals surface area contributed by atoms with Crippen LogP contribution in [0.2, 0.25) is 0 Å². The van der Waals surface area contributed by atoms with Crippen LogP contribution in [0.25, 0.3) is 129 Å². The number of halogens is 15. The number of methoxy groups -OCH3 is 3. The number of rotatable bonds is 30. The van der Waals surface area contributed by atoms with E-state index >= 15 is 109 Å². The van der Waals surface area contributed by atoms with Gasteiger partial charge in [0.1, 0.15) is 16.2 Å². The standard InChI is InChI=1S/C93H57F15N6O18/c1-124-64(115)73(67(118)127-16-4-10-109,68(119)128-17-5-11-110)76-46-37-28-22-23-25-27-26-24(22)30-34(28)43-52(46)79(94)81(96)54(43)48-39(30)41-32(26)36-33(27)42-40-31(25)35-29(23)38(37)47(76)53-44(35)55-49(40)78(75(66(117)126-3,71(122)131-20-8-14-113)72(123)132-21-9-15-114)51(42)57-45(36)56-50(41)77(48,74(65(116)125-2,69(120)129-18-6-12-111)70(121)130-19-7-13-112)92(107)87(81,102)60-58-59-61-63-62(60)89(92,104)83(56,98)84(57,99)90(63,105)93(78,108)88(61,103)82(55,97)80(53,95)86(59,101)91(76,106)85(58,79)100/h4-21,109-114H2,1-3H3. The Labute approximate surface area is 722 Å². The number of benzene rings is 11. The quantitative estimate of drug-likeness (QED) is 0.00610. The fourth-order valence-electron chi connectivity index (χ4n) is 34.9. The van der Waals surface area contributed by atoms with Crippen molar-refractivity contribution < 1.29 is 152 Å². The molecule has 39 heteroatoms. The zero-order valence-electron chi connectivity index (χ0n) is 68.2. The highest BCUT2D eigenvalue weighted by atomic mass is 19.2. The van der Waals surface area contributed by atoms with Crippen LogP contribution in [0, 0.1) is 16.2 Å². The van der Waals surface area contributed by atoms with Gasteiger partial charge in [-0.05, 0) is 240 Å². The third-order valence-corrected chi connectivity index (χ3v) is 37.0. The Balaban J connectivity index is 1.01. The van der Waals surface area contributed by atoms with Crippen LogP contribution in [0.1, 0.15) is 139 Å². The molecule has 0 amide bonds. The largest absolute Gasteiger partial charge is 0.468 e. The molecule has 0 heterocycles. The van der Waals surface area contributed by atoms with Crippen LogP contribution in [0.4, 0.5) is 65.9 Å². The first-order valence-corrected chi connectivity index (χ1v) is 43.4. The Kier molecular flexibility index (Phi) is 11.1. The van der Waals surface area contributed by atoms with Crippen molar-refractivity contribution >= 4 is 183 Å². The number of hydrogen-bond donors (Lipinski definition) is 6. The monoisotopic (exact) mass is 1830 g/mol.